The highest BCUT2D eigenvalue weighted by molar-refractivity contribution is 7.98. The number of nitrogens with zero attached hydrogens (tertiary/aromatic N) is 1. The molecule has 6 heteroatoms. The molecule has 0 radical (unpaired) electrons. The molecule has 0 aromatic heterocycles. The Kier molecular flexibility index (Phi) is 10.1. The number of hydrogen-bond acceptors (Lipinski definition) is 3. The number of rotatable bonds is 10. The molecule has 0 spiro atoms. The fraction of sp³-hybridized carbons (Fsp3) is 0.619. The first-order chi connectivity index (χ1) is 13.2. The zero-order valence-electron chi connectivity index (χ0n) is 16.7. The summed E-state index contributed by atoms with van der Waals surface area (Å²) in [6.45, 7) is 4.44. The number of anilines is 1. The summed E-state index contributed by atoms with van der Waals surface area (Å²) in [5.41, 5.74) is 1.97. The average molecular weight is 391 g/mol. The first-order valence-corrected chi connectivity index (χ1v) is 11.5. The van der Waals surface area contributed by atoms with Crippen molar-refractivity contribution in [2.75, 3.05) is 30.4 Å². The molecule has 150 valence electrons. The van der Waals surface area contributed by atoms with E-state index in [0.29, 0.717) is 6.54 Å². The minimum Gasteiger partial charge on any atom is -0.357 e. The Bertz CT molecular complexity index is 600. The van der Waals surface area contributed by atoms with Crippen LogP contribution >= 0.6 is 11.8 Å². The van der Waals surface area contributed by atoms with Gasteiger partial charge in [0.2, 0.25) is 5.91 Å². The lowest BCUT2D eigenvalue weighted by Gasteiger charge is -2.12. The number of nitrogens with one attached hydrogen (secondary N) is 3. The predicted octanol–water partition coefficient (Wildman–Crippen LogP) is 4.01. The van der Waals surface area contributed by atoms with Crippen LogP contribution in [0.1, 0.15) is 51.0 Å². The maximum Gasteiger partial charge on any atom is 0.227 e. The number of amides is 1. The third-order valence-corrected chi connectivity index (χ3v) is 5.45. The monoisotopic (exact) mass is 390 g/mol. The summed E-state index contributed by atoms with van der Waals surface area (Å²) >= 11 is 1.89. The van der Waals surface area contributed by atoms with Gasteiger partial charge >= 0.3 is 0 Å². The molecule has 1 saturated carbocycles. The Labute approximate surface area is 168 Å². The van der Waals surface area contributed by atoms with Gasteiger partial charge in [0.25, 0.3) is 0 Å². The van der Waals surface area contributed by atoms with Crippen LogP contribution in [0.4, 0.5) is 5.69 Å². The zero-order chi connectivity index (χ0) is 19.3. The molecule has 0 aliphatic heterocycles. The van der Waals surface area contributed by atoms with Gasteiger partial charge in [-0.05, 0) is 62.3 Å². The van der Waals surface area contributed by atoms with Gasteiger partial charge in [-0.15, -0.1) is 0 Å². The largest absolute Gasteiger partial charge is 0.357 e. The van der Waals surface area contributed by atoms with E-state index in [2.05, 4.69) is 40.2 Å². The molecule has 1 aromatic carbocycles. The van der Waals surface area contributed by atoms with E-state index in [1.807, 2.05) is 30.0 Å². The van der Waals surface area contributed by atoms with Crippen molar-refractivity contribution in [2.45, 2.75) is 52.0 Å². The molecule has 0 unspecified atom stereocenters. The van der Waals surface area contributed by atoms with E-state index in [9.17, 15) is 4.79 Å². The van der Waals surface area contributed by atoms with Crippen LogP contribution < -0.4 is 16.0 Å². The molecule has 1 aliphatic rings. The lowest BCUT2D eigenvalue weighted by atomic mass is 10.1. The van der Waals surface area contributed by atoms with Crippen molar-refractivity contribution in [3.63, 3.8) is 0 Å². The fourth-order valence-electron chi connectivity index (χ4n) is 3.27. The summed E-state index contributed by atoms with van der Waals surface area (Å²) < 4.78 is 0. The van der Waals surface area contributed by atoms with Crippen LogP contribution in [-0.4, -0.2) is 37.0 Å². The van der Waals surface area contributed by atoms with Gasteiger partial charge in [-0.3, -0.25) is 4.79 Å². The highest BCUT2D eigenvalue weighted by Crippen LogP contribution is 2.26. The molecule has 0 heterocycles. The third-order valence-electron chi connectivity index (χ3n) is 4.75. The average Bonchev–Trinajstić information content (AvgIpc) is 3.21. The van der Waals surface area contributed by atoms with Crippen LogP contribution in [0.25, 0.3) is 0 Å². The molecular weight excluding hydrogens is 356 g/mol. The molecule has 0 bridgehead atoms. The Balaban J connectivity index is 1.86. The predicted molar refractivity (Wildman–Crippen MR) is 117 cm³/mol. The molecule has 1 amide bonds. The van der Waals surface area contributed by atoms with E-state index in [-0.39, 0.29) is 11.8 Å². The molecule has 1 aromatic rings. The molecule has 3 N–H and O–H groups in total. The Morgan fingerprint density at radius 2 is 2.04 bits per heavy atom. The van der Waals surface area contributed by atoms with Gasteiger partial charge in [0.15, 0.2) is 5.96 Å². The third kappa shape index (κ3) is 8.24. The summed E-state index contributed by atoms with van der Waals surface area (Å²) in [6, 6.07) is 8.02. The van der Waals surface area contributed by atoms with Gasteiger partial charge in [-0.2, -0.15) is 11.8 Å². The minimum atomic E-state index is 0.161. The van der Waals surface area contributed by atoms with E-state index in [4.69, 9.17) is 0 Å². The standard InChI is InChI=1S/C21H34N4OS/c1-3-22-21(23-13-6-7-14-27-2)24-16-17-9-8-12-19(15-17)25-20(26)18-10-4-5-11-18/h8-9,12,15,18H,3-7,10-11,13-14,16H2,1-2H3,(H,25,26)(H2,22,23,24). The molecule has 5 nitrogen and oxygen atoms in total. The van der Waals surface area contributed by atoms with Crippen LogP contribution in [0.5, 0.6) is 0 Å². The number of carbonyl (C=O) groups excluding carboxylic acids is 1. The number of benzene rings is 1. The maximum atomic E-state index is 12.3. The van der Waals surface area contributed by atoms with Crippen molar-refractivity contribution in [2.24, 2.45) is 10.9 Å². The summed E-state index contributed by atoms with van der Waals surface area (Å²) in [7, 11) is 0. The number of hydrogen-bond donors (Lipinski definition) is 3. The number of carbonyl (C=O) groups is 1. The van der Waals surface area contributed by atoms with E-state index in [0.717, 1.165) is 49.6 Å². The number of aliphatic imine (C=N–C) groups is 1. The van der Waals surface area contributed by atoms with Gasteiger partial charge in [-0.25, -0.2) is 4.99 Å². The van der Waals surface area contributed by atoms with E-state index in [1.54, 1.807) is 0 Å². The van der Waals surface area contributed by atoms with Crippen LogP contribution in [0.2, 0.25) is 0 Å². The maximum absolute atomic E-state index is 12.3. The van der Waals surface area contributed by atoms with Crippen molar-refractivity contribution in [1.82, 2.24) is 10.6 Å². The zero-order valence-corrected chi connectivity index (χ0v) is 17.5. The van der Waals surface area contributed by atoms with E-state index >= 15 is 0 Å². The van der Waals surface area contributed by atoms with Gasteiger partial charge < -0.3 is 16.0 Å². The van der Waals surface area contributed by atoms with E-state index < -0.39 is 0 Å². The lowest BCUT2D eigenvalue weighted by Crippen LogP contribution is -2.37. The summed E-state index contributed by atoms with van der Waals surface area (Å²) in [5, 5.41) is 9.76. The Hall–Kier alpha value is -1.69. The van der Waals surface area contributed by atoms with Gasteiger partial charge in [-0.1, -0.05) is 25.0 Å². The molecule has 1 aliphatic carbocycles. The van der Waals surface area contributed by atoms with Crippen molar-refractivity contribution in [3.05, 3.63) is 29.8 Å². The molecule has 0 atom stereocenters. The molecule has 2 rings (SSSR count). The smallest absolute Gasteiger partial charge is 0.227 e. The van der Waals surface area contributed by atoms with Crippen LogP contribution in [0.15, 0.2) is 29.3 Å². The van der Waals surface area contributed by atoms with Crippen molar-refractivity contribution in [1.29, 1.82) is 0 Å². The highest BCUT2D eigenvalue weighted by atomic mass is 32.2. The van der Waals surface area contributed by atoms with Crippen molar-refractivity contribution in [3.8, 4) is 0 Å². The molecule has 0 saturated heterocycles. The first kappa shape index (κ1) is 21.6. The van der Waals surface area contributed by atoms with Gasteiger partial charge in [0.05, 0.1) is 6.54 Å². The summed E-state index contributed by atoms with van der Waals surface area (Å²) in [5.74, 6) is 2.40. The topological polar surface area (TPSA) is 65.5 Å². The summed E-state index contributed by atoms with van der Waals surface area (Å²) in [4.78, 5) is 17.0. The lowest BCUT2D eigenvalue weighted by molar-refractivity contribution is -0.119. The van der Waals surface area contributed by atoms with Crippen LogP contribution in [0, 0.1) is 5.92 Å². The molecular formula is C21H34N4OS. The number of unbranched alkanes of at least 4 members (excludes halogenated alkanes) is 1. The Morgan fingerprint density at radius 1 is 1.22 bits per heavy atom. The number of thioether (sulfide) groups is 1. The molecule has 27 heavy (non-hydrogen) atoms. The second kappa shape index (κ2) is 12.7. The number of guanidine groups is 1. The van der Waals surface area contributed by atoms with E-state index in [1.165, 1.54) is 25.0 Å². The fourth-order valence-corrected chi connectivity index (χ4v) is 3.76. The summed E-state index contributed by atoms with van der Waals surface area (Å²) in [6.07, 6.45) is 8.89. The van der Waals surface area contributed by atoms with Crippen molar-refractivity contribution < 1.29 is 4.79 Å². The quantitative estimate of drug-likeness (QED) is 0.321. The normalized spacial score (nSPS) is 15.0. The first-order valence-electron chi connectivity index (χ1n) is 10.1. The van der Waals surface area contributed by atoms with Crippen molar-refractivity contribution >= 4 is 29.3 Å². The minimum absolute atomic E-state index is 0.161. The highest BCUT2D eigenvalue weighted by Gasteiger charge is 2.22. The van der Waals surface area contributed by atoms with Crippen LogP contribution in [-0.2, 0) is 11.3 Å². The molecule has 1 fully saturated rings. The van der Waals surface area contributed by atoms with Gasteiger partial charge in [0.1, 0.15) is 0 Å². The Morgan fingerprint density at radius 3 is 2.78 bits per heavy atom. The second-order valence-corrected chi connectivity index (χ2v) is 7.98. The SMILES string of the molecule is CCNC(=NCc1cccc(NC(=O)C2CCCC2)c1)NCCCCSC. The second-order valence-electron chi connectivity index (χ2n) is 6.99. The van der Waals surface area contributed by atoms with Gasteiger partial charge in [0, 0.05) is 24.7 Å². The van der Waals surface area contributed by atoms with Crippen LogP contribution in [0.3, 0.4) is 0 Å².